The predicted octanol–water partition coefficient (Wildman–Crippen LogP) is 2.02. The zero-order valence-corrected chi connectivity index (χ0v) is 18.9. The number of carbonyl (C=O) groups is 1. The van der Waals surface area contributed by atoms with Crippen LogP contribution in [-0.2, 0) is 19.5 Å². The molecular weight excluding hydrogens is 443 g/mol. The lowest BCUT2D eigenvalue weighted by Crippen LogP contribution is -2.42. The van der Waals surface area contributed by atoms with Crippen molar-refractivity contribution in [3.63, 3.8) is 0 Å². The number of rotatable bonds is 6. The molecule has 0 spiro atoms. The number of hydrogen-bond donors (Lipinski definition) is 1. The second-order valence-corrected chi connectivity index (χ2v) is 9.30. The molecule has 176 valence electrons. The van der Waals surface area contributed by atoms with Gasteiger partial charge in [0.2, 0.25) is 15.9 Å². The van der Waals surface area contributed by atoms with E-state index in [9.17, 15) is 17.6 Å². The largest absolute Gasteiger partial charge is 0.474 e. The fourth-order valence-corrected chi connectivity index (χ4v) is 3.84. The van der Waals surface area contributed by atoms with E-state index in [4.69, 9.17) is 19.3 Å². The molecule has 0 aromatic heterocycles. The van der Waals surface area contributed by atoms with E-state index in [0.29, 0.717) is 31.8 Å². The first-order valence-corrected chi connectivity index (χ1v) is 11.7. The minimum Gasteiger partial charge on any atom is -0.474 e. The average molecular weight is 471 g/mol. The summed E-state index contributed by atoms with van der Waals surface area (Å²) in [6.45, 7) is 4.60. The van der Waals surface area contributed by atoms with Gasteiger partial charge in [0.15, 0.2) is 17.8 Å². The number of benzene rings is 1. The molecule has 32 heavy (non-hydrogen) atoms. The summed E-state index contributed by atoms with van der Waals surface area (Å²) in [7, 11) is -2.56. The number of likely N-dealkylation sites (tertiary alicyclic amines) is 1. The number of sulfonamides is 1. The van der Waals surface area contributed by atoms with Crippen LogP contribution in [0, 0.1) is 5.82 Å². The molecule has 1 aromatic carbocycles. The Bertz CT molecular complexity index is 1010. The van der Waals surface area contributed by atoms with E-state index < -0.39 is 27.0 Å². The van der Waals surface area contributed by atoms with Gasteiger partial charge in [-0.15, -0.1) is 0 Å². The molecule has 2 aliphatic rings. The van der Waals surface area contributed by atoms with E-state index in [-0.39, 0.29) is 24.1 Å². The summed E-state index contributed by atoms with van der Waals surface area (Å²) in [4.78, 5) is 18.8. The molecule has 1 saturated heterocycles. The molecule has 10 nitrogen and oxygen atoms in total. The Morgan fingerprint density at radius 1 is 1.25 bits per heavy atom. The van der Waals surface area contributed by atoms with E-state index >= 15 is 0 Å². The van der Waals surface area contributed by atoms with Gasteiger partial charge in [-0.3, -0.25) is 0 Å². The van der Waals surface area contributed by atoms with Gasteiger partial charge in [-0.2, -0.15) is 0 Å². The number of ether oxygens (including phenoxy) is 3. The van der Waals surface area contributed by atoms with Crippen LogP contribution in [0.3, 0.4) is 0 Å². The summed E-state index contributed by atoms with van der Waals surface area (Å²) in [6, 6.07) is 3.72. The van der Waals surface area contributed by atoms with E-state index in [1.54, 1.807) is 36.8 Å². The van der Waals surface area contributed by atoms with Crippen LogP contribution in [0.4, 0.5) is 9.18 Å². The third kappa shape index (κ3) is 5.88. The molecule has 1 fully saturated rings. The topological polar surface area (TPSA) is 124 Å². The Balaban J connectivity index is 1.63. The molecule has 0 saturated carbocycles. The highest BCUT2D eigenvalue weighted by atomic mass is 32.2. The quantitative estimate of drug-likeness (QED) is 0.674. The van der Waals surface area contributed by atoms with Crippen LogP contribution in [0.25, 0.3) is 0 Å². The number of nitrogens with zero attached hydrogens (tertiary/aromatic N) is 3. The van der Waals surface area contributed by atoms with Crippen LogP contribution < -0.4 is 9.88 Å². The Hall–Kier alpha value is -2.86. The number of aliphatic imine (C=N–C) groups is 1. The van der Waals surface area contributed by atoms with E-state index in [1.165, 1.54) is 18.5 Å². The Morgan fingerprint density at radius 2 is 1.94 bits per heavy atom. The predicted molar refractivity (Wildman–Crippen MR) is 114 cm³/mol. The minimum atomic E-state index is -4.23. The van der Waals surface area contributed by atoms with Crippen LogP contribution in [-0.4, -0.2) is 69.2 Å². The highest BCUT2D eigenvalue weighted by molar-refractivity contribution is 7.89. The van der Waals surface area contributed by atoms with Gasteiger partial charge in [-0.05, 0) is 26.0 Å². The van der Waals surface area contributed by atoms with Crippen molar-refractivity contribution in [2.24, 2.45) is 10.1 Å². The molecule has 2 heterocycles. The molecule has 0 radical (unpaired) electrons. The second kappa shape index (κ2) is 9.74. The first kappa shape index (κ1) is 23.8. The van der Waals surface area contributed by atoms with Crippen molar-refractivity contribution in [3.05, 3.63) is 36.0 Å². The van der Waals surface area contributed by atoms with Gasteiger partial charge in [-0.25, -0.2) is 27.7 Å². The summed E-state index contributed by atoms with van der Waals surface area (Å²) >= 11 is 0. The maximum absolute atomic E-state index is 14.6. The molecule has 0 aliphatic carbocycles. The number of nitrogens with two attached hydrogens (primary N) is 1. The van der Waals surface area contributed by atoms with Gasteiger partial charge in [0.05, 0.1) is 12.4 Å². The molecule has 1 aromatic rings. The van der Waals surface area contributed by atoms with Crippen molar-refractivity contribution in [3.8, 4) is 5.75 Å². The van der Waals surface area contributed by atoms with E-state index in [2.05, 4.69) is 4.99 Å². The van der Waals surface area contributed by atoms with Gasteiger partial charge in [-0.1, -0.05) is 6.07 Å². The normalized spacial score (nSPS) is 19.7. The first-order valence-electron chi connectivity index (χ1n) is 10.1. The zero-order valence-electron chi connectivity index (χ0n) is 18.1. The number of halogens is 1. The summed E-state index contributed by atoms with van der Waals surface area (Å²) in [6.07, 6.45) is 2.77. The van der Waals surface area contributed by atoms with Gasteiger partial charge in [0.1, 0.15) is 11.0 Å². The molecule has 2 aliphatic heterocycles. The van der Waals surface area contributed by atoms with Gasteiger partial charge in [0.25, 0.3) is 0 Å². The summed E-state index contributed by atoms with van der Waals surface area (Å²) in [5.41, 5.74) is 0. The van der Waals surface area contributed by atoms with Gasteiger partial charge in [0, 0.05) is 39.1 Å². The Labute approximate surface area is 186 Å². The number of hydrogen-bond acceptors (Lipinski definition) is 8. The second-order valence-electron chi connectivity index (χ2n) is 7.77. The van der Waals surface area contributed by atoms with Crippen LogP contribution in [0.15, 0.2) is 40.0 Å². The monoisotopic (exact) mass is 470 g/mol. The van der Waals surface area contributed by atoms with Crippen LogP contribution in [0.5, 0.6) is 5.75 Å². The molecule has 1 atom stereocenters. The molecule has 3 rings (SSSR count). The molecule has 1 unspecified atom stereocenters. The zero-order chi connectivity index (χ0) is 23.5. The summed E-state index contributed by atoms with van der Waals surface area (Å²) < 4.78 is 54.4. The van der Waals surface area contributed by atoms with Crippen LogP contribution in [0.1, 0.15) is 26.7 Å². The van der Waals surface area contributed by atoms with Crippen molar-refractivity contribution >= 4 is 22.5 Å². The first-order chi connectivity index (χ1) is 15.0. The average Bonchev–Trinajstić information content (AvgIpc) is 2.71. The third-order valence-corrected chi connectivity index (χ3v) is 5.79. The fourth-order valence-electron chi connectivity index (χ4n) is 3.22. The van der Waals surface area contributed by atoms with Crippen LogP contribution in [0.2, 0.25) is 0 Å². The van der Waals surface area contributed by atoms with Crippen molar-refractivity contribution in [2.75, 3.05) is 20.1 Å². The van der Waals surface area contributed by atoms with E-state index in [0.717, 1.165) is 6.07 Å². The fraction of sp³-hybridized carbons (Fsp3) is 0.500. The molecule has 1 amide bonds. The maximum Gasteiger partial charge on any atom is 0.410 e. The molecule has 2 N–H and O–H groups in total. The molecular formula is C20H27FN4O6S. The highest BCUT2D eigenvalue weighted by Crippen LogP contribution is 2.26. The SMILES string of the molecule is CC(C)OC(=O)N1CCC(OC2=CC(Oc3cccc(S(N)(=O)=O)c3F)N(C)C=N2)CC1. The number of amides is 1. The summed E-state index contributed by atoms with van der Waals surface area (Å²) in [5.74, 6) is -1.04. The molecule has 12 heteroatoms. The van der Waals surface area contributed by atoms with Gasteiger partial charge >= 0.3 is 6.09 Å². The minimum absolute atomic E-state index is 0.159. The third-order valence-electron chi connectivity index (χ3n) is 4.86. The molecule has 0 bridgehead atoms. The summed E-state index contributed by atoms with van der Waals surface area (Å²) in [5, 5.41) is 5.05. The van der Waals surface area contributed by atoms with E-state index in [1.807, 2.05) is 0 Å². The number of likely N-dealkylation sites (N-methyl/N-ethyl adjacent to an activating group) is 1. The number of primary sulfonamides is 1. The van der Waals surface area contributed by atoms with Crippen molar-refractivity contribution < 1.29 is 31.8 Å². The smallest absolute Gasteiger partial charge is 0.410 e. The highest BCUT2D eigenvalue weighted by Gasteiger charge is 2.28. The lowest BCUT2D eigenvalue weighted by molar-refractivity contribution is 0.0274. The lowest BCUT2D eigenvalue weighted by atomic mass is 10.1. The lowest BCUT2D eigenvalue weighted by Gasteiger charge is -2.33. The maximum atomic E-state index is 14.6. The number of piperidine rings is 1. The number of carbonyl (C=O) groups excluding carboxylic acids is 1. The van der Waals surface area contributed by atoms with Crippen molar-refractivity contribution in [1.29, 1.82) is 0 Å². The Morgan fingerprint density at radius 3 is 2.56 bits per heavy atom. The van der Waals surface area contributed by atoms with Gasteiger partial charge < -0.3 is 24.0 Å². The van der Waals surface area contributed by atoms with Crippen molar-refractivity contribution in [1.82, 2.24) is 9.80 Å². The van der Waals surface area contributed by atoms with Crippen molar-refractivity contribution in [2.45, 2.75) is 50.0 Å². The van der Waals surface area contributed by atoms with Crippen LogP contribution >= 0.6 is 0 Å². The Kier molecular flexibility index (Phi) is 7.24. The standard InChI is InChI=1S/C20H27FN4O6S/c1-13(2)29-20(26)25-9-7-14(8-10-25)30-17-11-18(24(3)12-23-17)31-15-5-4-6-16(19(15)21)32(22,27)28/h4-6,11-14,18H,7-10H2,1-3H3,(H2,22,27,28).